The molecule has 1 aliphatic rings. The summed E-state index contributed by atoms with van der Waals surface area (Å²) in [6.45, 7) is 12.4. The lowest BCUT2D eigenvalue weighted by Gasteiger charge is -2.55. The number of nitrogens with zero attached hydrogens (tertiary/aromatic N) is 2. The van der Waals surface area contributed by atoms with E-state index in [1.54, 1.807) is 13.8 Å². The van der Waals surface area contributed by atoms with Gasteiger partial charge >= 0.3 is 12.2 Å². The highest BCUT2D eigenvalue weighted by atomic mass is 16.6. The van der Waals surface area contributed by atoms with E-state index in [0.29, 0.717) is 0 Å². The minimum Gasteiger partial charge on any atom is -0.448 e. The van der Waals surface area contributed by atoms with Crippen LogP contribution in [0.1, 0.15) is 57.6 Å². The lowest BCUT2D eigenvalue weighted by Crippen LogP contribution is -2.74. The van der Waals surface area contributed by atoms with E-state index in [9.17, 15) is 9.59 Å². The maximum Gasteiger partial charge on any atom is 0.429 e. The van der Waals surface area contributed by atoms with Crippen LogP contribution in [0.15, 0.2) is 30.8 Å². The van der Waals surface area contributed by atoms with E-state index in [4.69, 9.17) is 9.47 Å². The zero-order valence-electron chi connectivity index (χ0n) is 17.4. The molecule has 28 heavy (non-hydrogen) atoms. The van der Waals surface area contributed by atoms with Crippen molar-refractivity contribution in [3.8, 4) is 0 Å². The first kappa shape index (κ1) is 21.8. The van der Waals surface area contributed by atoms with Crippen molar-refractivity contribution in [3.05, 3.63) is 42.0 Å². The van der Waals surface area contributed by atoms with Crippen LogP contribution in [0.4, 0.5) is 9.59 Å². The van der Waals surface area contributed by atoms with Crippen LogP contribution in [0.3, 0.4) is 0 Å². The van der Waals surface area contributed by atoms with E-state index in [1.165, 1.54) is 10.0 Å². The number of ether oxygens (including phenoxy) is 2. The molecule has 1 aliphatic heterocycles. The second-order valence-electron chi connectivity index (χ2n) is 6.99. The Morgan fingerprint density at radius 3 is 2.25 bits per heavy atom. The third-order valence-corrected chi connectivity index (χ3v) is 4.93. The molecule has 1 aromatic rings. The summed E-state index contributed by atoms with van der Waals surface area (Å²) in [5.74, 6) is 0. The van der Waals surface area contributed by atoms with Crippen molar-refractivity contribution < 1.29 is 19.1 Å². The maximum absolute atomic E-state index is 12.6. The molecule has 2 rings (SSSR count). The normalized spacial score (nSPS) is 18.4. The first-order chi connectivity index (χ1) is 13.5. The van der Waals surface area contributed by atoms with Crippen LogP contribution in [0.5, 0.6) is 0 Å². The quantitative estimate of drug-likeness (QED) is 0.576. The fraction of sp³-hybridized carbons (Fsp3) is 0.545. The molecule has 0 radical (unpaired) electrons. The lowest BCUT2D eigenvalue weighted by molar-refractivity contribution is -0.147. The van der Waals surface area contributed by atoms with Gasteiger partial charge in [0.05, 0.1) is 19.3 Å². The van der Waals surface area contributed by atoms with Crippen LogP contribution in [0.25, 0.3) is 5.57 Å². The summed E-state index contributed by atoms with van der Waals surface area (Å²) >= 11 is 0. The highest BCUT2D eigenvalue weighted by Gasteiger charge is 2.54. The molecule has 0 unspecified atom stereocenters. The average molecular weight is 389 g/mol. The molecule has 0 N–H and O–H groups in total. The van der Waals surface area contributed by atoms with Gasteiger partial charge in [0.1, 0.15) is 6.04 Å². The average Bonchev–Trinajstić information content (AvgIpc) is 2.64. The molecule has 1 fully saturated rings. The molecule has 2 amide bonds. The van der Waals surface area contributed by atoms with Gasteiger partial charge in [-0.15, -0.1) is 0 Å². The fourth-order valence-electron chi connectivity index (χ4n) is 3.60. The zero-order chi connectivity index (χ0) is 20.7. The maximum atomic E-state index is 12.6. The van der Waals surface area contributed by atoms with Gasteiger partial charge < -0.3 is 9.47 Å². The molecule has 0 aromatic heterocycles. The third kappa shape index (κ3) is 4.66. The Labute approximate surface area is 168 Å². The molecule has 1 aromatic carbocycles. The number of hydrogen-bond acceptors (Lipinski definition) is 4. The van der Waals surface area contributed by atoms with Crippen LogP contribution in [0.2, 0.25) is 0 Å². The molecule has 6 nitrogen and oxygen atoms in total. The molecule has 0 saturated carbocycles. The van der Waals surface area contributed by atoms with Crippen LogP contribution in [0, 0.1) is 6.92 Å². The van der Waals surface area contributed by atoms with E-state index in [-0.39, 0.29) is 25.3 Å². The summed E-state index contributed by atoms with van der Waals surface area (Å²) in [5.41, 5.74) is 2.88. The summed E-state index contributed by atoms with van der Waals surface area (Å²) in [4.78, 5) is 25.2. The summed E-state index contributed by atoms with van der Waals surface area (Å²) in [7, 11) is 0. The lowest BCUT2D eigenvalue weighted by atomic mass is 9.86. The van der Waals surface area contributed by atoms with Crippen LogP contribution in [-0.2, 0) is 9.47 Å². The molecule has 0 aliphatic carbocycles. The second-order valence-corrected chi connectivity index (χ2v) is 6.99. The largest absolute Gasteiger partial charge is 0.448 e. The van der Waals surface area contributed by atoms with Crippen molar-refractivity contribution in [2.45, 2.75) is 65.5 Å². The van der Waals surface area contributed by atoms with Crippen molar-refractivity contribution in [2.24, 2.45) is 0 Å². The Balaban J connectivity index is 2.35. The Hall–Kier alpha value is -2.50. The minimum absolute atomic E-state index is 0.178. The van der Waals surface area contributed by atoms with E-state index in [2.05, 4.69) is 13.5 Å². The number of carbonyl (C=O) groups excluding carboxylic acids is 2. The van der Waals surface area contributed by atoms with Gasteiger partial charge in [-0.2, -0.15) is 0 Å². The van der Waals surface area contributed by atoms with Gasteiger partial charge in [-0.3, -0.25) is 0 Å². The summed E-state index contributed by atoms with van der Waals surface area (Å²) in [5, 5.41) is 2.77. The number of hydrazine groups is 1. The minimum atomic E-state index is -0.555. The van der Waals surface area contributed by atoms with Gasteiger partial charge in [-0.05, 0) is 38.3 Å². The summed E-state index contributed by atoms with van der Waals surface area (Å²) < 4.78 is 10.4. The molecule has 1 heterocycles. The van der Waals surface area contributed by atoms with Gasteiger partial charge in [0.15, 0.2) is 0 Å². The molecule has 1 saturated heterocycles. The number of aryl methyl sites for hydroxylation is 1. The van der Waals surface area contributed by atoms with E-state index in [0.717, 1.165) is 42.4 Å². The number of amides is 2. The highest BCUT2D eigenvalue weighted by molar-refractivity contribution is 5.82. The molecule has 0 spiro atoms. The van der Waals surface area contributed by atoms with Crippen molar-refractivity contribution in [3.63, 3.8) is 0 Å². The van der Waals surface area contributed by atoms with Crippen molar-refractivity contribution in [1.29, 1.82) is 0 Å². The Morgan fingerprint density at radius 1 is 1.04 bits per heavy atom. The monoisotopic (exact) mass is 388 g/mol. The standard InChI is InChI=1S/C22H32N2O4/c1-6-9-10-14-19-20(17(5)18-13-11-12-16(4)15-18)24(22(26)28-8-3)23(19)21(25)27-7-2/h11-13,15,19-20H,5-10,14H2,1-4H3/t19-,20-/m0/s1. The summed E-state index contributed by atoms with van der Waals surface area (Å²) in [6, 6.07) is 7.50. The predicted molar refractivity (Wildman–Crippen MR) is 110 cm³/mol. The van der Waals surface area contributed by atoms with Gasteiger partial charge in [-0.25, -0.2) is 19.6 Å². The topological polar surface area (TPSA) is 59.1 Å². The van der Waals surface area contributed by atoms with Crippen LogP contribution < -0.4 is 0 Å². The first-order valence-electron chi connectivity index (χ1n) is 10.1. The number of unbranched alkanes of at least 4 members (excludes halogenated alkanes) is 2. The zero-order valence-corrected chi connectivity index (χ0v) is 17.4. The van der Waals surface area contributed by atoms with Crippen LogP contribution in [-0.4, -0.2) is 47.5 Å². The van der Waals surface area contributed by atoms with Gasteiger partial charge in [-0.1, -0.05) is 62.6 Å². The molecular weight excluding hydrogens is 356 g/mol. The van der Waals surface area contributed by atoms with Crippen molar-refractivity contribution >= 4 is 17.8 Å². The van der Waals surface area contributed by atoms with E-state index in [1.807, 2.05) is 31.2 Å². The highest BCUT2D eigenvalue weighted by Crippen LogP contribution is 2.39. The molecule has 154 valence electrons. The SMILES string of the molecule is C=C(c1cccc(C)c1)[C@H]1[C@H](CCCCC)N(C(=O)OCC)N1C(=O)OCC. The first-order valence-corrected chi connectivity index (χ1v) is 10.1. The number of carbonyl (C=O) groups is 2. The molecular formula is C22H32N2O4. The second kappa shape index (κ2) is 10.2. The van der Waals surface area contributed by atoms with E-state index >= 15 is 0 Å². The smallest absolute Gasteiger partial charge is 0.429 e. The predicted octanol–water partition coefficient (Wildman–Crippen LogP) is 5.17. The van der Waals surface area contributed by atoms with E-state index < -0.39 is 12.2 Å². The van der Waals surface area contributed by atoms with Gasteiger partial charge in [0.2, 0.25) is 0 Å². The Morgan fingerprint density at radius 2 is 1.68 bits per heavy atom. The number of benzene rings is 1. The van der Waals surface area contributed by atoms with Gasteiger partial charge in [0, 0.05) is 0 Å². The van der Waals surface area contributed by atoms with Gasteiger partial charge in [0.25, 0.3) is 0 Å². The Kier molecular flexibility index (Phi) is 7.91. The fourth-order valence-corrected chi connectivity index (χ4v) is 3.60. The van der Waals surface area contributed by atoms with Crippen molar-refractivity contribution in [1.82, 2.24) is 10.0 Å². The number of rotatable bonds is 8. The van der Waals surface area contributed by atoms with Crippen molar-refractivity contribution in [2.75, 3.05) is 13.2 Å². The Bertz CT molecular complexity index is 704. The molecule has 6 heteroatoms. The van der Waals surface area contributed by atoms with Crippen LogP contribution >= 0.6 is 0 Å². The molecule has 0 bridgehead atoms. The molecule has 2 atom stereocenters. The number of hydrogen-bond donors (Lipinski definition) is 0. The third-order valence-electron chi connectivity index (χ3n) is 4.93. The summed E-state index contributed by atoms with van der Waals surface area (Å²) in [6.07, 6.45) is 2.81.